The molecule has 0 aliphatic heterocycles. The van der Waals surface area contributed by atoms with Gasteiger partial charge in [-0.15, -0.1) is 11.3 Å². The van der Waals surface area contributed by atoms with Gasteiger partial charge in [0.1, 0.15) is 0 Å². The van der Waals surface area contributed by atoms with Gasteiger partial charge in [0, 0.05) is 13.0 Å². The Labute approximate surface area is 198 Å². The summed E-state index contributed by atoms with van der Waals surface area (Å²) >= 11 is 3.25. The zero-order chi connectivity index (χ0) is 23.6. The zero-order valence-corrected chi connectivity index (χ0v) is 21.3. The average molecular weight is 470 g/mol. The third-order valence-electron chi connectivity index (χ3n) is 5.57. The highest BCUT2D eigenvalue weighted by Crippen LogP contribution is 2.34. The van der Waals surface area contributed by atoms with Crippen LogP contribution in [0, 0.1) is 6.92 Å². The summed E-state index contributed by atoms with van der Waals surface area (Å²) in [5.41, 5.74) is 4.43. The van der Waals surface area contributed by atoms with Crippen LogP contribution in [0.2, 0.25) is 0 Å². The van der Waals surface area contributed by atoms with Crippen LogP contribution >= 0.6 is 22.7 Å². The molecule has 0 radical (unpaired) electrons. The van der Waals surface area contributed by atoms with Crippen molar-refractivity contribution in [1.29, 1.82) is 0 Å². The first kappa shape index (κ1) is 24.5. The minimum atomic E-state index is -0.423. The Morgan fingerprint density at radius 1 is 1.16 bits per heavy atom. The van der Waals surface area contributed by atoms with E-state index in [4.69, 9.17) is 4.98 Å². The van der Waals surface area contributed by atoms with Crippen LogP contribution in [0.4, 0.5) is 0 Å². The number of thiazole rings is 1. The van der Waals surface area contributed by atoms with Crippen molar-refractivity contribution in [1.82, 2.24) is 14.8 Å². The van der Waals surface area contributed by atoms with E-state index in [1.807, 2.05) is 62.8 Å². The van der Waals surface area contributed by atoms with Gasteiger partial charge in [-0.05, 0) is 80.1 Å². The lowest BCUT2D eigenvalue weighted by atomic mass is 9.95. The Morgan fingerprint density at radius 3 is 2.44 bits per heavy atom. The molecule has 0 N–H and O–H groups in total. The van der Waals surface area contributed by atoms with Crippen LogP contribution in [0.1, 0.15) is 54.0 Å². The fourth-order valence-corrected chi connectivity index (χ4v) is 5.68. The molecule has 0 spiro atoms. The molecule has 0 bridgehead atoms. The number of benzene rings is 1. The smallest absolute Gasteiger partial charge is 0.179 e. The summed E-state index contributed by atoms with van der Waals surface area (Å²) in [6.07, 6.45) is 0.482. The molecule has 3 rings (SSSR count). The number of aromatic nitrogens is 1. The third-order valence-corrected chi connectivity index (χ3v) is 7.33. The molecule has 0 fully saturated rings. The third kappa shape index (κ3) is 5.07. The van der Waals surface area contributed by atoms with E-state index >= 15 is 0 Å². The van der Waals surface area contributed by atoms with E-state index in [1.165, 1.54) is 0 Å². The molecule has 5 nitrogen and oxygen atoms in total. The number of carbonyl (C=O) groups is 2. The van der Waals surface area contributed by atoms with Gasteiger partial charge < -0.3 is 0 Å². The highest BCUT2D eigenvalue weighted by atomic mass is 32.1. The fourth-order valence-electron chi connectivity index (χ4n) is 4.10. The van der Waals surface area contributed by atoms with Crippen molar-refractivity contribution in [3.05, 3.63) is 62.8 Å². The maximum absolute atomic E-state index is 12.9. The van der Waals surface area contributed by atoms with Gasteiger partial charge in [0.2, 0.25) is 0 Å². The summed E-state index contributed by atoms with van der Waals surface area (Å²) in [5.74, 6) is 0.195. The van der Waals surface area contributed by atoms with E-state index in [9.17, 15) is 9.59 Å². The van der Waals surface area contributed by atoms with Crippen molar-refractivity contribution in [2.24, 2.45) is 0 Å². The van der Waals surface area contributed by atoms with Crippen molar-refractivity contribution < 1.29 is 9.59 Å². The largest absolute Gasteiger partial charge is 0.298 e. The first-order valence-corrected chi connectivity index (χ1v) is 12.4. The summed E-state index contributed by atoms with van der Waals surface area (Å²) in [4.78, 5) is 34.5. The highest BCUT2D eigenvalue weighted by molar-refractivity contribution is 7.18. The van der Waals surface area contributed by atoms with Crippen molar-refractivity contribution in [3.8, 4) is 0 Å². The van der Waals surface area contributed by atoms with Crippen molar-refractivity contribution in [3.63, 3.8) is 0 Å². The van der Waals surface area contributed by atoms with Crippen molar-refractivity contribution in [2.45, 2.75) is 45.8 Å². The van der Waals surface area contributed by atoms with E-state index < -0.39 is 6.04 Å². The summed E-state index contributed by atoms with van der Waals surface area (Å²) in [5, 5.41) is 5.04. The van der Waals surface area contributed by atoms with Gasteiger partial charge in [-0.2, -0.15) is 11.3 Å². The molecule has 0 amide bonds. The topological polar surface area (TPSA) is 53.5 Å². The molecule has 1 aromatic carbocycles. The van der Waals surface area contributed by atoms with E-state index in [0.717, 1.165) is 31.9 Å². The number of ketones is 2. The van der Waals surface area contributed by atoms with E-state index in [0.29, 0.717) is 18.5 Å². The number of rotatable bonds is 10. The number of nitrogens with zero attached hydrogens (tertiary/aromatic N) is 3. The Kier molecular flexibility index (Phi) is 7.77. The molecule has 0 saturated carbocycles. The molecule has 2 heterocycles. The number of likely N-dealkylation sites (N-methyl/N-ethyl adjacent to an activating group) is 2. The standard InChI is InChI=1S/C25H31N3O2S2/c1-8-21(29)22(17-9-10-31-14-17)28(7)13-19-11-18(12-20-25(19)32-16(4)26-20)23(27(5)6)24(30)15(2)3/h9-12,14,22-23H,2,8,13H2,1,3-7H3. The molecule has 2 unspecified atom stereocenters. The maximum atomic E-state index is 12.9. The lowest BCUT2D eigenvalue weighted by Crippen LogP contribution is -2.30. The molecule has 0 aliphatic rings. The van der Waals surface area contributed by atoms with Gasteiger partial charge in [-0.3, -0.25) is 19.4 Å². The number of fused-ring (bicyclic) bond motifs is 1. The predicted octanol–water partition coefficient (Wildman–Crippen LogP) is 5.57. The number of Topliss-reactive ketones (excluding diaryl/α,β-unsaturated/α-hetero) is 2. The first-order valence-electron chi connectivity index (χ1n) is 10.6. The molecule has 0 aliphatic carbocycles. The lowest BCUT2D eigenvalue weighted by Gasteiger charge is -2.28. The SMILES string of the molecule is C=C(C)C(=O)C(c1cc(CN(C)C(C(=O)CC)c2ccsc2)c2sc(C)nc2c1)N(C)C. The fraction of sp³-hybridized carbons (Fsp3) is 0.400. The van der Waals surface area contributed by atoms with Gasteiger partial charge in [0.15, 0.2) is 11.6 Å². The average Bonchev–Trinajstić information content (AvgIpc) is 3.37. The van der Waals surface area contributed by atoms with Crippen LogP contribution in [0.15, 0.2) is 41.1 Å². The van der Waals surface area contributed by atoms with Gasteiger partial charge in [0.05, 0.1) is 27.3 Å². The Bertz CT molecular complexity index is 1130. The molecule has 3 aromatic rings. The van der Waals surface area contributed by atoms with E-state index in [2.05, 4.69) is 17.5 Å². The number of hydrogen-bond donors (Lipinski definition) is 0. The minimum Gasteiger partial charge on any atom is -0.298 e. The maximum Gasteiger partial charge on any atom is 0.179 e. The number of aryl methyl sites for hydroxylation is 1. The second kappa shape index (κ2) is 10.2. The summed E-state index contributed by atoms with van der Waals surface area (Å²) < 4.78 is 1.10. The van der Waals surface area contributed by atoms with Crippen LogP contribution in [-0.4, -0.2) is 47.5 Å². The molecule has 2 aromatic heterocycles. The lowest BCUT2D eigenvalue weighted by molar-refractivity contribution is -0.124. The molecule has 0 saturated heterocycles. The number of thiophene rings is 1. The normalized spacial score (nSPS) is 13.6. The molecular formula is C25H31N3O2S2. The van der Waals surface area contributed by atoms with Crippen LogP contribution < -0.4 is 0 Å². The summed E-state index contributed by atoms with van der Waals surface area (Å²) in [7, 11) is 5.80. The number of hydrogen-bond acceptors (Lipinski definition) is 7. The molecule has 32 heavy (non-hydrogen) atoms. The second-order valence-electron chi connectivity index (χ2n) is 8.47. The van der Waals surface area contributed by atoms with Crippen LogP contribution in [0.5, 0.6) is 0 Å². The van der Waals surface area contributed by atoms with Crippen LogP contribution in [-0.2, 0) is 16.1 Å². The van der Waals surface area contributed by atoms with E-state index in [-0.39, 0.29) is 17.6 Å². The Morgan fingerprint density at radius 2 is 1.88 bits per heavy atom. The Balaban J connectivity index is 2.08. The monoisotopic (exact) mass is 469 g/mol. The Hall–Kier alpha value is -2.19. The van der Waals surface area contributed by atoms with Crippen molar-refractivity contribution in [2.75, 3.05) is 21.1 Å². The van der Waals surface area contributed by atoms with Gasteiger partial charge >= 0.3 is 0 Å². The van der Waals surface area contributed by atoms with E-state index in [1.54, 1.807) is 29.6 Å². The van der Waals surface area contributed by atoms with Gasteiger partial charge in [0.25, 0.3) is 0 Å². The van der Waals surface area contributed by atoms with Crippen LogP contribution in [0.3, 0.4) is 0 Å². The zero-order valence-electron chi connectivity index (χ0n) is 19.6. The van der Waals surface area contributed by atoms with Gasteiger partial charge in [-0.1, -0.05) is 19.6 Å². The second-order valence-corrected chi connectivity index (χ2v) is 10.4. The minimum absolute atomic E-state index is 0.00193. The number of carbonyl (C=O) groups excluding carboxylic acids is 2. The molecule has 170 valence electrons. The molecule has 7 heteroatoms. The quantitative estimate of drug-likeness (QED) is 0.364. The highest BCUT2D eigenvalue weighted by Gasteiger charge is 2.28. The summed E-state index contributed by atoms with van der Waals surface area (Å²) in [6.45, 7) is 10.1. The van der Waals surface area contributed by atoms with Crippen LogP contribution in [0.25, 0.3) is 10.2 Å². The first-order chi connectivity index (χ1) is 15.1. The summed E-state index contributed by atoms with van der Waals surface area (Å²) in [6, 6.07) is 5.42. The predicted molar refractivity (Wildman–Crippen MR) is 134 cm³/mol. The molecule has 2 atom stereocenters. The van der Waals surface area contributed by atoms with Gasteiger partial charge in [-0.25, -0.2) is 4.98 Å². The van der Waals surface area contributed by atoms with Crippen molar-refractivity contribution >= 4 is 44.5 Å². The molecular weight excluding hydrogens is 438 g/mol.